The van der Waals surface area contributed by atoms with E-state index < -0.39 is 0 Å². The van der Waals surface area contributed by atoms with E-state index in [1.807, 2.05) is 30.3 Å². The maximum absolute atomic E-state index is 6.37. The zero-order chi connectivity index (χ0) is 14.7. The van der Waals surface area contributed by atoms with Crippen LogP contribution >= 0.6 is 11.6 Å². The fraction of sp³-hybridized carbons (Fsp3) is 0.158. The second-order valence-corrected chi connectivity index (χ2v) is 5.45. The molecule has 1 aliphatic carbocycles. The number of rotatable bonds is 3. The van der Waals surface area contributed by atoms with Crippen LogP contribution in [0.4, 0.5) is 0 Å². The monoisotopic (exact) mass is 296 g/mol. The van der Waals surface area contributed by atoms with Crippen molar-refractivity contribution in [2.75, 3.05) is 7.11 Å². The van der Waals surface area contributed by atoms with Gasteiger partial charge in [-0.05, 0) is 47.8 Å². The zero-order valence-corrected chi connectivity index (χ0v) is 12.7. The van der Waals surface area contributed by atoms with Gasteiger partial charge in [0, 0.05) is 10.6 Å². The van der Waals surface area contributed by atoms with Crippen molar-refractivity contribution in [2.24, 2.45) is 0 Å². The molecule has 2 aromatic carbocycles. The molecule has 0 saturated carbocycles. The number of methoxy groups -OCH3 is 1. The van der Waals surface area contributed by atoms with Gasteiger partial charge in [-0.25, -0.2) is 0 Å². The molecular weight excluding hydrogens is 280 g/mol. The highest BCUT2D eigenvalue weighted by Gasteiger charge is 2.14. The second-order valence-electron chi connectivity index (χ2n) is 5.04. The third-order valence-corrected chi connectivity index (χ3v) is 4.10. The Balaban J connectivity index is 2.11. The van der Waals surface area contributed by atoms with Gasteiger partial charge in [-0.1, -0.05) is 54.1 Å². The highest BCUT2D eigenvalue weighted by atomic mass is 35.5. The fourth-order valence-corrected chi connectivity index (χ4v) is 2.93. The van der Waals surface area contributed by atoms with Gasteiger partial charge in [0.2, 0.25) is 0 Å². The van der Waals surface area contributed by atoms with Crippen LogP contribution in [-0.2, 0) is 0 Å². The van der Waals surface area contributed by atoms with Gasteiger partial charge in [-0.15, -0.1) is 0 Å². The lowest BCUT2D eigenvalue weighted by molar-refractivity contribution is 0.415. The molecule has 0 aliphatic heterocycles. The first-order valence-corrected chi connectivity index (χ1v) is 7.46. The highest BCUT2D eigenvalue weighted by Crippen LogP contribution is 2.37. The van der Waals surface area contributed by atoms with Gasteiger partial charge in [0.05, 0.1) is 7.11 Å². The highest BCUT2D eigenvalue weighted by molar-refractivity contribution is 6.32. The van der Waals surface area contributed by atoms with E-state index in [1.165, 1.54) is 16.7 Å². The molecule has 0 unspecified atom stereocenters. The third kappa shape index (κ3) is 2.88. The molecule has 1 aliphatic rings. The van der Waals surface area contributed by atoms with Crippen molar-refractivity contribution >= 4 is 22.7 Å². The van der Waals surface area contributed by atoms with Gasteiger partial charge in [-0.3, -0.25) is 0 Å². The fourth-order valence-electron chi connectivity index (χ4n) is 2.69. The minimum absolute atomic E-state index is 0.796. The molecule has 21 heavy (non-hydrogen) atoms. The first-order chi connectivity index (χ1) is 10.3. The number of hydrogen-bond donors (Lipinski definition) is 0. The lowest BCUT2D eigenvalue weighted by atomic mass is 9.88. The summed E-state index contributed by atoms with van der Waals surface area (Å²) >= 11 is 6.37. The minimum atomic E-state index is 0.796. The summed E-state index contributed by atoms with van der Waals surface area (Å²) in [6.07, 6.45) is 6.49. The minimum Gasteiger partial charge on any atom is -0.497 e. The molecule has 2 aromatic rings. The molecular formula is C19H17ClO. The van der Waals surface area contributed by atoms with E-state index in [9.17, 15) is 0 Å². The topological polar surface area (TPSA) is 9.23 Å². The van der Waals surface area contributed by atoms with Gasteiger partial charge in [0.25, 0.3) is 0 Å². The molecule has 106 valence electrons. The summed E-state index contributed by atoms with van der Waals surface area (Å²) in [5.74, 6) is 0.880. The molecule has 0 saturated heterocycles. The van der Waals surface area contributed by atoms with E-state index in [4.69, 9.17) is 16.3 Å². The van der Waals surface area contributed by atoms with Crippen LogP contribution in [0.2, 0.25) is 5.02 Å². The predicted octanol–water partition coefficient (Wildman–Crippen LogP) is 5.61. The number of halogens is 1. The molecule has 2 heteroatoms. The maximum atomic E-state index is 6.37. The van der Waals surface area contributed by atoms with Gasteiger partial charge >= 0.3 is 0 Å². The van der Waals surface area contributed by atoms with Gasteiger partial charge in [0.1, 0.15) is 5.75 Å². The molecule has 0 heterocycles. The molecule has 0 aromatic heterocycles. The quantitative estimate of drug-likeness (QED) is 0.715. The Kier molecular flexibility index (Phi) is 4.12. The lowest BCUT2D eigenvalue weighted by Gasteiger charge is -2.18. The van der Waals surface area contributed by atoms with Gasteiger partial charge in [0.15, 0.2) is 0 Å². The average molecular weight is 297 g/mol. The first kappa shape index (κ1) is 14.0. The van der Waals surface area contributed by atoms with Crippen LogP contribution in [0, 0.1) is 0 Å². The standard InChI is InChI=1S/C19H17ClO/c1-21-15-12-10-14(11-13-15)16-6-2-3-7-17(16)18-8-4-5-9-19(18)20/h3-5,7-13H,2,6H2,1H3. The van der Waals surface area contributed by atoms with Crippen LogP contribution in [0.15, 0.2) is 60.7 Å². The Bertz CT molecular complexity index is 696. The van der Waals surface area contributed by atoms with Crippen molar-refractivity contribution in [1.29, 1.82) is 0 Å². The molecule has 0 spiro atoms. The van der Waals surface area contributed by atoms with E-state index in [1.54, 1.807) is 7.11 Å². The molecule has 0 fully saturated rings. The number of allylic oxidation sites excluding steroid dienone is 4. The van der Waals surface area contributed by atoms with Crippen molar-refractivity contribution in [2.45, 2.75) is 12.8 Å². The van der Waals surface area contributed by atoms with Crippen LogP contribution < -0.4 is 4.74 Å². The molecule has 0 atom stereocenters. The summed E-state index contributed by atoms with van der Waals surface area (Å²) < 4.78 is 5.24. The number of hydrogen-bond acceptors (Lipinski definition) is 1. The Hall–Kier alpha value is -1.99. The van der Waals surface area contributed by atoms with Crippen LogP contribution in [0.3, 0.4) is 0 Å². The van der Waals surface area contributed by atoms with Crippen molar-refractivity contribution in [3.63, 3.8) is 0 Å². The molecule has 0 N–H and O–H groups in total. The normalized spacial score (nSPS) is 14.4. The largest absolute Gasteiger partial charge is 0.497 e. The van der Waals surface area contributed by atoms with E-state index in [2.05, 4.69) is 30.4 Å². The van der Waals surface area contributed by atoms with Crippen molar-refractivity contribution < 1.29 is 4.74 Å². The van der Waals surface area contributed by atoms with Crippen LogP contribution in [0.5, 0.6) is 5.75 Å². The second kappa shape index (κ2) is 6.19. The van der Waals surface area contributed by atoms with Gasteiger partial charge < -0.3 is 4.74 Å². The maximum Gasteiger partial charge on any atom is 0.118 e. The summed E-state index contributed by atoms with van der Waals surface area (Å²) in [5.41, 5.74) is 4.89. The van der Waals surface area contributed by atoms with Crippen molar-refractivity contribution in [3.8, 4) is 5.75 Å². The third-order valence-electron chi connectivity index (χ3n) is 3.77. The smallest absolute Gasteiger partial charge is 0.118 e. The Labute approximate surface area is 130 Å². The number of benzene rings is 2. The van der Waals surface area contributed by atoms with Crippen LogP contribution in [-0.4, -0.2) is 7.11 Å². The Morgan fingerprint density at radius 2 is 1.76 bits per heavy atom. The van der Waals surface area contributed by atoms with Crippen molar-refractivity contribution in [1.82, 2.24) is 0 Å². The van der Waals surface area contributed by atoms with Gasteiger partial charge in [-0.2, -0.15) is 0 Å². The summed E-state index contributed by atoms with van der Waals surface area (Å²) in [6, 6.07) is 16.3. The molecule has 1 nitrogen and oxygen atoms in total. The van der Waals surface area contributed by atoms with Crippen LogP contribution in [0.1, 0.15) is 24.0 Å². The summed E-state index contributed by atoms with van der Waals surface area (Å²) in [4.78, 5) is 0. The van der Waals surface area contributed by atoms with E-state index in [-0.39, 0.29) is 0 Å². The zero-order valence-electron chi connectivity index (χ0n) is 12.0. The predicted molar refractivity (Wildman–Crippen MR) is 89.6 cm³/mol. The molecule has 0 amide bonds. The van der Waals surface area contributed by atoms with Crippen molar-refractivity contribution in [3.05, 3.63) is 76.8 Å². The Morgan fingerprint density at radius 3 is 2.48 bits per heavy atom. The lowest BCUT2D eigenvalue weighted by Crippen LogP contribution is -1.96. The van der Waals surface area contributed by atoms with E-state index in [0.29, 0.717) is 0 Å². The molecule has 3 rings (SSSR count). The average Bonchev–Trinajstić information content (AvgIpc) is 2.55. The SMILES string of the molecule is COc1ccc(C2=C(c3ccccc3Cl)C=CCC2)cc1. The van der Waals surface area contributed by atoms with Crippen LogP contribution in [0.25, 0.3) is 11.1 Å². The Morgan fingerprint density at radius 1 is 1.00 bits per heavy atom. The molecule has 0 bridgehead atoms. The number of ether oxygens (including phenoxy) is 1. The summed E-state index contributed by atoms with van der Waals surface area (Å²) in [5, 5.41) is 0.796. The van der Waals surface area contributed by atoms with E-state index >= 15 is 0 Å². The summed E-state index contributed by atoms with van der Waals surface area (Å²) in [6.45, 7) is 0. The molecule has 0 radical (unpaired) electrons. The van der Waals surface area contributed by atoms with E-state index in [0.717, 1.165) is 29.2 Å². The summed E-state index contributed by atoms with van der Waals surface area (Å²) in [7, 11) is 1.69. The first-order valence-electron chi connectivity index (χ1n) is 7.08.